The van der Waals surface area contributed by atoms with Crippen LogP contribution in [-0.2, 0) is 13.0 Å². The van der Waals surface area contributed by atoms with E-state index >= 15 is 0 Å². The first-order chi connectivity index (χ1) is 7.78. The molecule has 0 saturated carbocycles. The topological polar surface area (TPSA) is 37.0 Å². The van der Waals surface area contributed by atoms with E-state index in [0.717, 1.165) is 18.7 Å². The number of benzene rings is 1. The van der Waals surface area contributed by atoms with Crippen molar-refractivity contribution in [1.29, 1.82) is 0 Å². The molecule has 0 radical (unpaired) electrons. The summed E-state index contributed by atoms with van der Waals surface area (Å²) >= 11 is 0. The van der Waals surface area contributed by atoms with Crippen LogP contribution in [0.15, 0.2) is 18.2 Å². The summed E-state index contributed by atoms with van der Waals surface area (Å²) in [5.74, 6) is 0.909. The van der Waals surface area contributed by atoms with Crippen molar-refractivity contribution in [3.63, 3.8) is 0 Å². The molecular formula is C13H16N2O. The molecule has 1 unspecified atom stereocenters. The van der Waals surface area contributed by atoms with Crippen molar-refractivity contribution in [1.82, 2.24) is 10.3 Å². The van der Waals surface area contributed by atoms with Crippen LogP contribution in [0.1, 0.15) is 18.2 Å². The third kappa shape index (κ3) is 1.39. The molecule has 0 fully saturated rings. The molecule has 2 N–H and O–H groups in total. The molecule has 1 aliphatic heterocycles. The Morgan fingerprint density at radius 3 is 3.06 bits per heavy atom. The van der Waals surface area contributed by atoms with Crippen molar-refractivity contribution in [3.8, 4) is 5.75 Å². The third-order valence-corrected chi connectivity index (χ3v) is 3.34. The van der Waals surface area contributed by atoms with Gasteiger partial charge in [0.1, 0.15) is 5.75 Å². The number of ether oxygens (including phenoxy) is 1. The predicted molar refractivity (Wildman–Crippen MR) is 64.9 cm³/mol. The Labute approximate surface area is 94.8 Å². The van der Waals surface area contributed by atoms with E-state index in [4.69, 9.17) is 4.74 Å². The van der Waals surface area contributed by atoms with E-state index in [0.29, 0.717) is 6.04 Å². The number of aromatic nitrogens is 1. The van der Waals surface area contributed by atoms with Crippen molar-refractivity contribution in [3.05, 3.63) is 29.5 Å². The first-order valence-electron chi connectivity index (χ1n) is 5.69. The number of methoxy groups -OCH3 is 1. The second-order valence-electron chi connectivity index (χ2n) is 4.48. The van der Waals surface area contributed by atoms with Crippen LogP contribution in [0, 0.1) is 0 Å². The first-order valence-corrected chi connectivity index (χ1v) is 5.69. The second-order valence-corrected chi connectivity index (χ2v) is 4.48. The summed E-state index contributed by atoms with van der Waals surface area (Å²) in [6, 6.07) is 6.82. The highest BCUT2D eigenvalue weighted by molar-refractivity contribution is 5.86. The van der Waals surface area contributed by atoms with Crippen LogP contribution in [-0.4, -0.2) is 18.1 Å². The minimum Gasteiger partial charge on any atom is -0.497 e. The van der Waals surface area contributed by atoms with Gasteiger partial charge < -0.3 is 15.0 Å². The molecule has 0 aliphatic carbocycles. The number of hydrogen-bond acceptors (Lipinski definition) is 2. The van der Waals surface area contributed by atoms with E-state index in [-0.39, 0.29) is 0 Å². The van der Waals surface area contributed by atoms with Crippen molar-refractivity contribution in [2.24, 2.45) is 0 Å². The van der Waals surface area contributed by atoms with Crippen LogP contribution in [0.2, 0.25) is 0 Å². The van der Waals surface area contributed by atoms with Crippen LogP contribution in [0.3, 0.4) is 0 Å². The third-order valence-electron chi connectivity index (χ3n) is 3.34. The number of aromatic amines is 1. The Morgan fingerprint density at radius 2 is 2.25 bits per heavy atom. The van der Waals surface area contributed by atoms with Gasteiger partial charge in [-0.05, 0) is 31.0 Å². The molecule has 1 atom stereocenters. The molecule has 0 saturated heterocycles. The summed E-state index contributed by atoms with van der Waals surface area (Å²) < 4.78 is 5.24. The summed E-state index contributed by atoms with van der Waals surface area (Å²) in [4.78, 5) is 3.47. The molecule has 84 valence electrons. The van der Waals surface area contributed by atoms with Crippen LogP contribution >= 0.6 is 0 Å². The van der Waals surface area contributed by atoms with Gasteiger partial charge in [-0.2, -0.15) is 0 Å². The number of H-pyrrole nitrogens is 1. The van der Waals surface area contributed by atoms with Crippen molar-refractivity contribution < 1.29 is 4.74 Å². The summed E-state index contributed by atoms with van der Waals surface area (Å²) in [7, 11) is 1.70. The van der Waals surface area contributed by atoms with E-state index < -0.39 is 0 Å². The van der Waals surface area contributed by atoms with Gasteiger partial charge in [0.25, 0.3) is 0 Å². The van der Waals surface area contributed by atoms with Crippen LogP contribution in [0.5, 0.6) is 5.75 Å². The normalized spacial score (nSPS) is 19.8. The minimum atomic E-state index is 0.564. The molecule has 0 spiro atoms. The SMILES string of the molecule is COc1ccc2c3c([nH]c2c1)CNC(C)C3. The lowest BCUT2D eigenvalue weighted by atomic mass is 10.00. The smallest absolute Gasteiger partial charge is 0.120 e. The average Bonchev–Trinajstić information content (AvgIpc) is 2.66. The van der Waals surface area contributed by atoms with Crippen LogP contribution in [0.4, 0.5) is 0 Å². The van der Waals surface area contributed by atoms with Gasteiger partial charge in [0.05, 0.1) is 7.11 Å². The van der Waals surface area contributed by atoms with Crippen LogP contribution in [0.25, 0.3) is 10.9 Å². The summed E-state index contributed by atoms with van der Waals surface area (Å²) in [5, 5.41) is 4.80. The highest BCUT2D eigenvalue weighted by atomic mass is 16.5. The molecule has 1 aromatic carbocycles. The molecule has 3 heteroatoms. The van der Waals surface area contributed by atoms with Gasteiger partial charge in [0.15, 0.2) is 0 Å². The molecule has 2 heterocycles. The molecule has 2 aromatic rings. The Morgan fingerprint density at radius 1 is 1.38 bits per heavy atom. The quantitative estimate of drug-likeness (QED) is 0.767. The summed E-state index contributed by atoms with van der Waals surface area (Å²) in [5.41, 5.74) is 3.96. The summed E-state index contributed by atoms with van der Waals surface area (Å²) in [6.45, 7) is 3.17. The lowest BCUT2D eigenvalue weighted by Crippen LogP contribution is -2.32. The average molecular weight is 216 g/mol. The van der Waals surface area contributed by atoms with E-state index in [2.05, 4.69) is 29.4 Å². The fourth-order valence-corrected chi connectivity index (χ4v) is 2.46. The monoisotopic (exact) mass is 216 g/mol. The van der Waals surface area contributed by atoms with Crippen molar-refractivity contribution in [2.75, 3.05) is 7.11 Å². The van der Waals surface area contributed by atoms with Gasteiger partial charge in [-0.3, -0.25) is 0 Å². The zero-order valence-corrected chi connectivity index (χ0v) is 9.63. The molecule has 16 heavy (non-hydrogen) atoms. The van der Waals surface area contributed by atoms with E-state index in [1.54, 1.807) is 7.11 Å². The van der Waals surface area contributed by atoms with Gasteiger partial charge >= 0.3 is 0 Å². The van der Waals surface area contributed by atoms with E-state index in [9.17, 15) is 0 Å². The number of hydrogen-bond donors (Lipinski definition) is 2. The van der Waals surface area contributed by atoms with Gasteiger partial charge in [-0.15, -0.1) is 0 Å². The highest BCUT2D eigenvalue weighted by Gasteiger charge is 2.19. The van der Waals surface area contributed by atoms with Crippen molar-refractivity contribution >= 4 is 10.9 Å². The fraction of sp³-hybridized carbons (Fsp3) is 0.385. The number of fused-ring (bicyclic) bond motifs is 3. The zero-order chi connectivity index (χ0) is 11.1. The minimum absolute atomic E-state index is 0.564. The predicted octanol–water partition coefficient (Wildman–Crippen LogP) is 2.21. The first kappa shape index (κ1) is 9.73. The van der Waals surface area contributed by atoms with Crippen LogP contribution < -0.4 is 10.1 Å². The molecule has 1 aliphatic rings. The molecule has 0 bridgehead atoms. The Kier molecular flexibility index (Phi) is 2.14. The standard InChI is InChI=1S/C13H16N2O/c1-8-5-11-10-4-3-9(16-2)6-12(10)15-13(11)7-14-8/h3-4,6,8,14-15H,5,7H2,1-2H3. The fourth-order valence-electron chi connectivity index (χ4n) is 2.46. The maximum atomic E-state index is 5.24. The van der Waals surface area contributed by atoms with Gasteiger partial charge in [-0.25, -0.2) is 0 Å². The maximum absolute atomic E-state index is 5.24. The molecular weight excluding hydrogens is 200 g/mol. The lowest BCUT2D eigenvalue weighted by Gasteiger charge is -2.20. The Hall–Kier alpha value is -1.48. The van der Waals surface area contributed by atoms with Gasteiger partial charge in [0, 0.05) is 35.2 Å². The Bertz CT molecular complexity index is 530. The lowest BCUT2D eigenvalue weighted by molar-refractivity contribution is 0.415. The maximum Gasteiger partial charge on any atom is 0.120 e. The highest BCUT2D eigenvalue weighted by Crippen LogP contribution is 2.29. The molecule has 3 nitrogen and oxygen atoms in total. The Balaban J connectivity index is 2.17. The number of rotatable bonds is 1. The number of nitrogens with one attached hydrogen (secondary N) is 2. The zero-order valence-electron chi connectivity index (χ0n) is 9.63. The van der Waals surface area contributed by atoms with Crippen molar-refractivity contribution in [2.45, 2.75) is 25.9 Å². The second kappa shape index (κ2) is 3.52. The molecule has 1 aromatic heterocycles. The van der Waals surface area contributed by atoms with E-state index in [1.165, 1.54) is 22.2 Å². The molecule has 3 rings (SSSR count). The van der Waals surface area contributed by atoms with E-state index in [1.807, 2.05) is 6.07 Å². The van der Waals surface area contributed by atoms with Gasteiger partial charge in [-0.1, -0.05) is 0 Å². The van der Waals surface area contributed by atoms with Gasteiger partial charge in [0.2, 0.25) is 0 Å². The molecule has 0 amide bonds. The largest absolute Gasteiger partial charge is 0.497 e. The summed E-state index contributed by atoms with van der Waals surface area (Å²) in [6.07, 6.45) is 1.10.